The van der Waals surface area contributed by atoms with Crippen LogP contribution in [0.1, 0.15) is 65.3 Å². The molecule has 186 valence electrons. The van der Waals surface area contributed by atoms with Crippen LogP contribution >= 0.6 is 11.3 Å². The number of rotatable bonds is 6. The average molecular weight is 498 g/mol. The van der Waals surface area contributed by atoms with Crippen LogP contribution in [0.15, 0.2) is 17.6 Å². The lowest BCUT2D eigenvalue weighted by molar-refractivity contribution is 0.103. The van der Waals surface area contributed by atoms with Gasteiger partial charge in [0.05, 0.1) is 21.7 Å². The molecule has 0 spiro atoms. The molecule has 4 aromatic heterocycles. The van der Waals surface area contributed by atoms with Crippen molar-refractivity contribution in [1.82, 2.24) is 34.9 Å². The first-order valence-corrected chi connectivity index (χ1v) is 12.2. The fourth-order valence-electron chi connectivity index (χ4n) is 3.25. The normalized spacial score (nSPS) is 13.2. The van der Waals surface area contributed by atoms with Gasteiger partial charge in [-0.15, -0.1) is 26.6 Å². The van der Waals surface area contributed by atoms with Crippen LogP contribution in [0.2, 0.25) is 0 Å². The summed E-state index contributed by atoms with van der Waals surface area (Å²) in [5.41, 5.74) is 1.63. The highest BCUT2D eigenvalue weighted by molar-refractivity contribution is 7.09. The number of hydrogen-bond donors (Lipinski definition) is 0. The lowest BCUT2D eigenvalue weighted by atomic mass is 10.1. The third kappa shape index (κ3) is 5.84. The Bertz CT molecular complexity index is 1350. The second-order valence-corrected chi connectivity index (χ2v) is 11.3. The Balaban J connectivity index is 1.75. The van der Waals surface area contributed by atoms with Crippen molar-refractivity contribution in [2.45, 2.75) is 72.7 Å². The minimum atomic E-state index is -0.497. The van der Waals surface area contributed by atoms with Gasteiger partial charge in [0.1, 0.15) is 23.0 Å². The molecule has 0 aliphatic carbocycles. The van der Waals surface area contributed by atoms with E-state index in [1.807, 2.05) is 66.8 Å². The molecule has 1 atom stereocenters. The standard InChI is InChI=1S/C24H31N7O3S/c1-13(18-12-35-14(2)26-18)32-21-15-10-17(28-29-19(15)31(9)30-21)16-11-25-22(34-24(6,7)8)27-20(16)33-23(3,4)5/h10-13H,1-9H3. The first-order valence-electron chi connectivity index (χ1n) is 11.3. The summed E-state index contributed by atoms with van der Waals surface area (Å²) in [6.07, 6.45) is 1.37. The second kappa shape index (κ2) is 9.03. The lowest BCUT2D eigenvalue weighted by Crippen LogP contribution is -2.26. The predicted molar refractivity (Wildman–Crippen MR) is 134 cm³/mol. The molecule has 0 aliphatic heterocycles. The number of hydrogen-bond acceptors (Lipinski definition) is 10. The molecule has 1 unspecified atom stereocenters. The highest BCUT2D eigenvalue weighted by Crippen LogP contribution is 2.34. The molecule has 0 saturated carbocycles. The summed E-state index contributed by atoms with van der Waals surface area (Å²) in [4.78, 5) is 13.4. The fourth-order valence-corrected chi connectivity index (χ4v) is 3.94. The minimum absolute atomic E-state index is 0.229. The molecule has 0 aromatic carbocycles. The van der Waals surface area contributed by atoms with E-state index < -0.39 is 11.2 Å². The summed E-state index contributed by atoms with van der Waals surface area (Å²) in [5.74, 6) is 0.807. The van der Waals surface area contributed by atoms with E-state index in [-0.39, 0.29) is 12.1 Å². The quantitative estimate of drug-likeness (QED) is 0.360. The maximum absolute atomic E-state index is 6.19. The first kappa shape index (κ1) is 24.8. The smallest absolute Gasteiger partial charge is 0.320 e. The largest absolute Gasteiger partial charge is 0.471 e. The zero-order valence-corrected chi connectivity index (χ0v) is 22.4. The van der Waals surface area contributed by atoms with Crippen molar-refractivity contribution in [1.29, 1.82) is 0 Å². The Morgan fingerprint density at radius 3 is 2.31 bits per heavy atom. The average Bonchev–Trinajstić information content (AvgIpc) is 3.29. The van der Waals surface area contributed by atoms with Crippen molar-refractivity contribution in [3.05, 3.63) is 28.3 Å². The van der Waals surface area contributed by atoms with Gasteiger partial charge in [0.15, 0.2) is 5.65 Å². The number of ether oxygens (including phenoxy) is 3. The zero-order chi connectivity index (χ0) is 25.5. The van der Waals surface area contributed by atoms with E-state index in [2.05, 4.69) is 30.2 Å². The number of nitrogens with zero attached hydrogens (tertiary/aromatic N) is 7. The van der Waals surface area contributed by atoms with Crippen LogP contribution < -0.4 is 14.2 Å². The topological polar surface area (TPSA) is 110 Å². The van der Waals surface area contributed by atoms with Crippen molar-refractivity contribution < 1.29 is 14.2 Å². The number of fused-ring (bicyclic) bond motifs is 1. The Morgan fingerprint density at radius 2 is 1.69 bits per heavy atom. The molecule has 0 bridgehead atoms. The predicted octanol–water partition coefficient (Wildman–Crippen LogP) is 5.08. The highest BCUT2D eigenvalue weighted by Gasteiger charge is 2.24. The highest BCUT2D eigenvalue weighted by atomic mass is 32.1. The summed E-state index contributed by atoms with van der Waals surface area (Å²) >= 11 is 1.59. The molecular formula is C24H31N7O3S. The molecule has 10 nitrogen and oxygen atoms in total. The Labute approximate surface area is 208 Å². The molecule has 0 aliphatic rings. The molecule has 35 heavy (non-hydrogen) atoms. The van der Waals surface area contributed by atoms with E-state index in [0.29, 0.717) is 34.1 Å². The Kier molecular flexibility index (Phi) is 6.39. The van der Waals surface area contributed by atoms with Crippen LogP contribution in [0.4, 0.5) is 0 Å². The van der Waals surface area contributed by atoms with Crippen LogP contribution in [0.3, 0.4) is 0 Å². The molecule has 4 rings (SSSR count). The van der Waals surface area contributed by atoms with Crippen molar-refractivity contribution in [3.63, 3.8) is 0 Å². The van der Waals surface area contributed by atoms with Crippen LogP contribution in [-0.2, 0) is 7.05 Å². The number of aromatic nitrogens is 7. The zero-order valence-electron chi connectivity index (χ0n) is 21.6. The summed E-state index contributed by atoms with van der Waals surface area (Å²) in [6.45, 7) is 15.6. The van der Waals surface area contributed by atoms with E-state index in [0.717, 1.165) is 10.7 Å². The molecule has 0 radical (unpaired) electrons. The Hall–Kier alpha value is -3.34. The van der Waals surface area contributed by atoms with Crippen molar-refractivity contribution in [2.75, 3.05) is 0 Å². The van der Waals surface area contributed by atoms with Gasteiger partial charge in [0, 0.05) is 18.6 Å². The molecule has 0 saturated heterocycles. The monoisotopic (exact) mass is 497 g/mol. The fraction of sp³-hybridized carbons (Fsp3) is 0.500. The SMILES string of the molecule is Cc1nc(C(C)Oc2nn(C)c3nnc(-c4cnc(OC(C)(C)C)nc4OC(C)(C)C)cc23)cs1. The van der Waals surface area contributed by atoms with E-state index in [4.69, 9.17) is 14.2 Å². The summed E-state index contributed by atoms with van der Waals surface area (Å²) in [5, 5.41) is 17.0. The summed E-state index contributed by atoms with van der Waals surface area (Å²) in [6, 6.07) is 2.09. The van der Waals surface area contributed by atoms with Gasteiger partial charge in [-0.25, -0.2) is 14.6 Å². The van der Waals surface area contributed by atoms with Gasteiger partial charge in [-0.2, -0.15) is 4.98 Å². The van der Waals surface area contributed by atoms with Gasteiger partial charge < -0.3 is 14.2 Å². The van der Waals surface area contributed by atoms with E-state index >= 15 is 0 Å². The number of thiazole rings is 1. The van der Waals surface area contributed by atoms with Gasteiger partial charge in [0.2, 0.25) is 11.8 Å². The van der Waals surface area contributed by atoms with Crippen molar-refractivity contribution in [3.8, 4) is 29.0 Å². The molecule has 0 fully saturated rings. The summed E-state index contributed by atoms with van der Waals surface area (Å²) < 4.78 is 19.8. The lowest BCUT2D eigenvalue weighted by Gasteiger charge is -2.24. The van der Waals surface area contributed by atoms with Crippen molar-refractivity contribution in [2.24, 2.45) is 7.05 Å². The van der Waals surface area contributed by atoms with Crippen LogP contribution in [0.25, 0.3) is 22.3 Å². The third-order valence-corrected chi connectivity index (χ3v) is 5.49. The molecule has 4 aromatic rings. The first-order chi connectivity index (χ1) is 16.3. The molecule has 0 N–H and O–H groups in total. The van der Waals surface area contributed by atoms with E-state index in [1.54, 1.807) is 29.3 Å². The van der Waals surface area contributed by atoms with Crippen LogP contribution in [0, 0.1) is 6.92 Å². The molecule has 11 heteroatoms. The van der Waals surface area contributed by atoms with Crippen LogP contribution in [0.5, 0.6) is 17.8 Å². The molecule has 4 heterocycles. The van der Waals surface area contributed by atoms with Gasteiger partial charge >= 0.3 is 6.01 Å². The minimum Gasteiger partial charge on any atom is -0.471 e. The Morgan fingerprint density at radius 1 is 0.971 bits per heavy atom. The van der Waals surface area contributed by atoms with Gasteiger partial charge in [0.25, 0.3) is 0 Å². The maximum atomic E-state index is 6.19. The second-order valence-electron chi connectivity index (χ2n) is 10.2. The third-order valence-electron chi connectivity index (χ3n) is 4.70. The number of aryl methyl sites for hydroxylation is 2. The van der Waals surface area contributed by atoms with Gasteiger partial charge in [-0.1, -0.05) is 0 Å². The van der Waals surface area contributed by atoms with Crippen molar-refractivity contribution >= 4 is 22.4 Å². The van der Waals surface area contributed by atoms with Crippen LogP contribution in [-0.4, -0.2) is 46.1 Å². The molecular weight excluding hydrogens is 466 g/mol. The van der Waals surface area contributed by atoms with Gasteiger partial charge in [-0.05, 0) is 61.5 Å². The van der Waals surface area contributed by atoms with E-state index in [9.17, 15) is 0 Å². The maximum Gasteiger partial charge on any atom is 0.320 e. The summed E-state index contributed by atoms with van der Waals surface area (Å²) in [7, 11) is 1.80. The van der Waals surface area contributed by atoms with E-state index in [1.165, 1.54) is 0 Å². The van der Waals surface area contributed by atoms with Gasteiger partial charge in [-0.3, -0.25) is 0 Å². The molecule has 0 amide bonds.